The van der Waals surface area contributed by atoms with Gasteiger partial charge in [0.25, 0.3) is 0 Å². The monoisotopic (exact) mass is 196 g/mol. The first-order valence-electron chi connectivity index (χ1n) is 3.89. The molecule has 0 saturated carbocycles. The van der Waals surface area contributed by atoms with Crippen molar-refractivity contribution < 1.29 is 13.2 Å². The van der Waals surface area contributed by atoms with Crippen molar-refractivity contribution in [3.63, 3.8) is 0 Å². The fourth-order valence-corrected chi connectivity index (χ4v) is 0.783. The predicted octanol–water partition coefficient (Wildman–Crippen LogP) is 3.16. The van der Waals surface area contributed by atoms with Gasteiger partial charge in [0.15, 0.2) is 0 Å². The van der Waals surface area contributed by atoms with Crippen molar-refractivity contribution in [2.45, 2.75) is 6.18 Å². The van der Waals surface area contributed by atoms with E-state index in [1.165, 1.54) is 0 Å². The van der Waals surface area contributed by atoms with Gasteiger partial charge in [0.05, 0.1) is 0 Å². The average molecular weight is 196 g/mol. The van der Waals surface area contributed by atoms with Crippen LogP contribution >= 0.6 is 0 Å². The van der Waals surface area contributed by atoms with Crippen LogP contribution in [0.4, 0.5) is 13.2 Å². The van der Waals surface area contributed by atoms with Crippen LogP contribution in [0.2, 0.25) is 0 Å². The minimum absolute atomic E-state index is 0.114. The molecule has 0 atom stereocenters. The molecular formula is C11H7F3. The molecule has 0 amide bonds. The SMILES string of the molecule is FC(F)(F)/C=C/C#Cc1ccccc1. The molecule has 0 bridgehead atoms. The summed E-state index contributed by atoms with van der Waals surface area (Å²) in [4.78, 5) is 0. The topological polar surface area (TPSA) is 0 Å². The molecule has 0 heterocycles. The van der Waals surface area contributed by atoms with E-state index < -0.39 is 6.18 Å². The Kier molecular flexibility index (Phi) is 3.35. The van der Waals surface area contributed by atoms with E-state index in [2.05, 4.69) is 11.8 Å². The first-order valence-corrected chi connectivity index (χ1v) is 3.89. The highest BCUT2D eigenvalue weighted by Crippen LogP contribution is 2.15. The molecule has 0 spiro atoms. The average Bonchev–Trinajstić information content (AvgIpc) is 2.13. The molecule has 0 saturated heterocycles. The number of halogens is 3. The Morgan fingerprint density at radius 2 is 1.71 bits per heavy atom. The van der Waals surface area contributed by atoms with Gasteiger partial charge in [-0.1, -0.05) is 30.0 Å². The fraction of sp³-hybridized carbons (Fsp3) is 0.0909. The molecule has 1 aromatic carbocycles. The Hall–Kier alpha value is -1.69. The van der Waals surface area contributed by atoms with Crippen molar-refractivity contribution in [3.8, 4) is 11.8 Å². The van der Waals surface area contributed by atoms with Crippen molar-refractivity contribution in [2.75, 3.05) is 0 Å². The lowest BCUT2D eigenvalue weighted by atomic mass is 10.2. The van der Waals surface area contributed by atoms with Crippen LogP contribution in [0, 0.1) is 11.8 Å². The summed E-state index contributed by atoms with van der Waals surface area (Å²) in [5.74, 6) is 4.89. The zero-order valence-electron chi connectivity index (χ0n) is 7.18. The van der Waals surface area contributed by atoms with Gasteiger partial charge in [-0.3, -0.25) is 0 Å². The van der Waals surface area contributed by atoms with E-state index in [1.54, 1.807) is 24.3 Å². The Labute approximate surface area is 80.1 Å². The zero-order chi connectivity index (χ0) is 10.4. The summed E-state index contributed by atoms with van der Waals surface area (Å²) >= 11 is 0. The number of benzene rings is 1. The standard InChI is InChI=1S/C11H7F3/c12-11(13,14)9-5-4-8-10-6-2-1-3-7-10/h1-3,5-7,9H/b9-5+. The molecule has 0 unspecified atom stereocenters. The van der Waals surface area contributed by atoms with Crippen molar-refractivity contribution in [1.82, 2.24) is 0 Å². The second kappa shape index (κ2) is 4.52. The second-order valence-corrected chi connectivity index (χ2v) is 2.51. The molecule has 1 rings (SSSR count). The maximum Gasteiger partial charge on any atom is 0.410 e. The van der Waals surface area contributed by atoms with Gasteiger partial charge in [-0.15, -0.1) is 0 Å². The van der Waals surface area contributed by atoms with Crippen LogP contribution < -0.4 is 0 Å². The summed E-state index contributed by atoms with van der Waals surface area (Å²) in [6.07, 6.45) is -3.37. The molecular weight excluding hydrogens is 189 g/mol. The maximum absolute atomic E-state index is 11.6. The van der Waals surface area contributed by atoms with Gasteiger partial charge >= 0.3 is 6.18 Å². The molecule has 0 aliphatic heterocycles. The quantitative estimate of drug-likeness (QED) is 0.559. The molecule has 14 heavy (non-hydrogen) atoms. The van der Waals surface area contributed by atoms with Gasteiger partial charge in [-0.25, -0.2) is 0 Å². The Morgan fingerprint density at radius 3 is 2.29 bits per heavy atom. The maximum atomic E-state index is 11.6. The number of hydrogen-bond donors (Lipinski definition) is 0. The lowest BCUT2D eigenvalue weighted by Crippen LogP contribution is -1.99. The summed E-state index contributed by atoms with van der Waals surface area (Å²) in [5, 5.41) is 0. The van der Waals surface area contributed by atoms with Crippen LogP contribution in [0.25, 0.3) is 0 Å². The van der Waals surface area contributed by atoms with Crippen LogP contribution in [0.3, 0.4) is 0 Å². The van der Waals surface area contributed by atoms with Crippen LogP contribution in [0.15, 0.2) is 42.5 Å². The highest BCUT2D eigenvalue weighted by molar-refractivity contribution is 5.36. The van der Waals surface area contributed by atoms with Crippen LogP contribution in [0.5, 0.6) is 0 Å². The molecule has 0 radical (unpaired) electrons. The summed E-state index contributed by atoms with van der Waals surface area (Å²) in [5.41, 5.74) is 0.694. The van der Waals surface area contributed by atoms with Crippen molar-refractivity contribution >= 4 is 0 Å². The Bertz CT molecular complexity index is 363. The molecule has 0 N–H and O–H groups in total. The van der Waals surface area contributed by atoms with Crippen molar-refractivity contribution in [2.24, 2.45) is 0 Å². The van der Waals surface area contributed by atoms with Crippen LogP contribution in [-0.2, 0) is 0 Å². The minimum Gasteiger partial charge on any atom is -0.167 e. The second-order valence-electron chi connectivity index (χ2n) is 2.51. The van der Waals surface area contributed by atoms with Gasteiger partial charge < -0.3 is 0 Å². The molecule has 3 heteroatoms. The zero-order valence-corrected chi connectivity index (χ0v) is 7.18. The summed E-state index contributed by atoms with van der Waals surface area (Å²) in [7, 11) is 0. The van der Waals surface area contributed by atoms with E-state index in [0.29, 0.717) is 5.56 Å². The van der Waals surface area contributed by atoms with E-state index >= 15 is 0 Å². The molecule has 0 aliphatic rings. The smallest absolute Gasteiger partial charge is 0.167 e. The third-order valence-electron chi connectivity index (χ3n) is 1.35. The first-order chi connectivity index (χ1) is 6.58. The third kappa shape index (κ3) is 4.36. The third-order valence-corrected chi connectivity index (χ3v) is 1.35. The Morgan fingerprint density at radius 1 is 1.07 bits per heavy atom. The van der Waals surface area contributed by atoms with Gasteiger partial charge in [0.1, 0.15) is 0 Å². The van der Waals surface area contributed by atoms with Crippen molar-refractivity contribution in [1.29, 1.82) is 0 Å². The normalized spacial score (nSPS) is 11.1. The van der Waals surface area contributed by atoms with Crippen LogP contribution in [-0.4, -0.2) is 6.18 Å². The van der Waals surface area contributed by atoms with E-state index in [0.717, 1.165) is 6.08 Å². The van der Waals surface area contributed by atoms with Crippen LogP contribution in [0.1, 0.15) is 5.56 Å². The van der Waals surface area contributed by atoms with E-state index in [4.69, 9.17) is 0 Å². The number of alkyl halides is 3. The molecule has 0 nitrogen and oxygen atoms in total. The number of allylic oxidation sites excluding steroid dienone is 2. The largest absolute Gasteiger partial charge is 0.410 e. The fourth-order valence-electron chi connectivity index (χ4n) is 0.783. The predicted molar refractivity (Wildman–Crippen MR) is 48.5 cm³/mol. The molecule has 0 fully saturated rings. The minimum atomic E-state index is -4.29. The van der Waals surface area contributed by atoms with Crippen molar-refractivity contribution in [3.05, 3.63) is 48.0 Å². The first kappa shape index (κ1) is 10.4. The number of rotatable bonds is 0. The summed E-state index contributed by atoms with van der Waals surface area (Å²) in [6.45, 7) is 0. The molecule has 72 valence electrons. The van der Waals surface area contributed by atoms with E-state index in [9.17, 15) is 13.2 Å². The lowest BCUT2D eigenvalue weighted by molar-refractivity contribution is -0.0797. The highest BCUT2D eigenvalue weighted by atomic mass is 19.4. The molecule has 1 aromatic rings. The van der Waals surface area contributed by atoms with Gasteiger partial charge in [-0.2, -0.15) is 13.2 Å². The van der Waals surface area contributed by atoms with Gasteiger partial charge in [0, 0.05) is 11.6 Å². The van der Waals surface area contributed by atoms with Gasteiger partial charge in [-0.05, 0) is 18.2 Å². The van der Waals surface area contributed by atoms with E-state index in [-0.39, 0.29) is 6.08 Å². The summed E-state index contributed by atoms with van der Waals surface area (Å²) in [6, 6.07) is 8.83. The summed E-state index contributed by atoms with van der Waals surface area (Å²) < 4.78 is 34.9. The highest BCUT2D eigenvalue weighted by Gasteiger charge is 2.21. The molecule has 0 aliphatic carbocycles. The number of hydrogen-bond acceptors (Lipinski definition) is 0. The van der Waals surface area contributed by atoms with E-state index in [1.807, 2.05) is 6.07 Å². The lowest BCUT2D eigenvalue weighted by Gasteiger charge is -1.93. The molecule has 0 aromatic heterocycles. The Balaban J connectivity index is 2.62. The van der Waals surface area contributed by atoms with Gasteiger partial charge in [0.2, 0.25) is 0 Å².